The Kier molecular flexibility index (Phi) is 3.20. The summed E-state index contributed by atoms with van der Waals surface area (Å²) >= 11 is 0. The van der Waals surface area contributed by atoms with Crippen LogP contribution in [0, 0.1) is 0 Å². The lowest BCUT2D eigenvalue weighted by molar-refractivity contribution is 0.466. The van der Waals surface area contributed by atoms with Crippen molar-refractivity contribution in [3.63, 3.8) is 0 Å². The topological polar surface area (TPSA) is 65.7 Å². The van der Waals surface area contributed by atoms with E-state index in [1.54, 1.807) is 17.1 Å². The average Bonchev–Trinajstić information content (AvgIpc) is 2.99. The van der Waals surface area contributed by atoms with Crippen molar-refractivity contribution in [2.24, 2.45) is 7.05 Å². The molecule has 3 heterocycles. The van der Waals surface area contributed by atoms with E-state index in [1.807, 2.05) is 49.5 Å². The molecule has 4 aromatic rings. The van der Waals surface area contributed by atoms with Crippen LogP contribution in [0.3, 0.4) is 0 Å². The van der Waals surface area contributed by atoms with Gasteiger partial charge in [0.15, 0.2) is 5.65 Å². The monoisotopic (exact) mass is 303 g/mol. The van der Waals surface area contributed by atoms with Gasteiger partial charge in [-0.2, -0.15) is 5.10 Å². The predicted octanol–water partition coefficient (Wildman–Crippen LogP) is 3.22. The van der Waals surface area contributed by atoms with Crippen LogP contribution in [0.2, 0.25) is 0 Å². The third-order valence-corrected chi connectivity index (χ3v) is 3.51. The summed E-state index contributed by atoms with van der Waals surface area (Å²) in [6.45, 7) is 0. The molecule has 112 valence electrons. The van der Waals surface area contributed by atoms with Gasteiger partial charge >= 0.3 is 0 Å². The molecule has 0 spiro atoms. The smallest absolute Gasteiger partial charge is 0.233 e. The highest BCUT2D eigenvalue weighted by Gasteiger charge is 2.10. The van der Waals surface area contributed by atoms with Gasteiger partial charge in [0.2, 0.25) is 5.88 Å². The molecule has 6 heteroatoms. The standard InChI is InChI=1S/C17H13N5O/c1-22-16-14(10-21-22)17(20-11-19-16)23-13-7-8-15(18-9-13)12-5-3-2-4-6-12/h2-11H,1H3. The first kappa shape index (κ1) is 13.4. The Labute approximate surface area is 132 Å². The van der Waals surface area contributed by atoms with Crippen LogP contribution in [-0.2, 0) is 7.05 Å². The molecule has 0 unspecified atom stereocenters. The number of benzene rings is 1. The van der Waals surface area contributed by atoms with E-state index in [9.17, 15) is 0 Å². The zero-order valence-corrected chi connectivity index (χ0v) is 12.4. The summed E-state index contributed by atoms with van der Waals surface area (Å²) in [4.78, 5) is 12.8. The Bertz CT molecular complexity index is 948. The van der Waals surface area contributed by atoms with Gasteiger partial charge in [-0.05, 0) is 12.1 Å². The molecule has 6 nitrogen and oxygen atoms in total. The summed E-state index contributed by atoms with van der Waals surface area (Å²) in [5.74, 6) is 1.09. The van der Waals surface area contributed by atoms with Crippen LogP contribution in [0.25, 0.3) is 22.3 Å². The molecule has 0 saturated heterocycles. The molecule has 3 aromatic heterocycles. The number of fused-ring (bicyclic) bond motifs is 1. The van der Waals surface area contributed by atoms with Crippen LogP contribution in [0.1, 0.15) is 0 Å². The van der Waals surface area contributed by atoms with Crippen molar-refractivity contribution in [3.05, 3.63) is 61.2 Å². The zero-order chi connectivity index (χ0) is 15.6. The van der Waals surface area contributed by atoms with Crippen molar-refractivity contribution in [1.29, 1.82) is 0 Å². The van der Waals surface area contributed by atoms with E-state index >= 15 is 0 Å². The summed E-state index contributed by atoms with van der Waals surface area (Å²) in [6.07, 6.45) is 4.84. The second-order valence-electron chi connectivity index (χ2n) is 5.03. The molecule has 0 atom stereocenters. The van der Waals surface area contributed by atoms with Crippen molar-refractivity contribution in [2.75, 3.05) is 0 Å². The van der Waals surface area contributed by atoms with Crippen molar-refractivity contribution in [1.82, 2.24) is 24.7 Å². The second-order valence-corrected chi connectivity index (χ2v) is 5.03. The first-order valence-electron chi connectivity index (χ1n) is 7.13. The maximum atomic E-state index is 5.83. The summed E-state index contributed by atoms with van der Waals surface area (Å²) in [5, 5.41) is 4.94. The van der Waals surface area contributed by atoms with Gasteiger partial charge in [0.05, 0.1) is 18.1 Å². The lowest BCUT2D eigenvalue weighted by Crippen LogP contribution is -1.94. The molecular weight excluding hydrogens is 290 g/mol. The van der Waals surface area contributed by atoms with Crippen LogP contribution in [0.5, 0.6) is 11.6 Å². The Morgan fingerprint density at radius 1 is 0.913 bits per heavy atom. The molecule has 23 heavy (non-hydrogen) atoms. The third-order valence-electron chi connectivity index (χ3n) is 3.51. The Morgan fingerprint density at radius 2 is 1.78 bits per heavy atom. The van der Waals surface area contributed by atoms with Crippen molar-refractivity contribution in [3.8, 4) is 22.9 Å². The van der Waals surface area contributed by atoms with Gasteiger partial charge < -0.3 is 4.74 Å². The largest absolute Gasteiger partial charge is 0.437 e. The van der Waals surface area contributed by atoms with E-state index < -0.39 is 0 Å². The fourth-order valence-electron chi connectivity index (χ4n) is 2.35. The fraction of sp³-hybridized carbons (Fsp3) is 0.0588. The molecule has 4 rings (SSSR count). The molecule has 1 aromatic carbocycles. The first-order valence-corrected chi connectivity index (χ1v) is 7.13. The Hall–Kier alpha value is -3.28. The van der Waals surface area contributed by atoms with Crippen LogP contribution < -0.4 is 4.74 Å². The van der Waals surface area contributed by atoms with E-state index in [4.69, 9.17) is 4.74 Å². The SMILES string of the molecule is Cn1ncc2c(Oc3ccc(-c4ccccc4)nc3)ncnc21. The minimum absolute atomic E-state index is 0.470. The fourth-order valence-corrected chi connectivity index (χ4v) is 2.35. The molecule has 0 radical (unpaired) electrons. The van der Waals surface area contributed by atoms with Crippen LogP contribution in [-0.4, -0.2) is 24.7 Å². The zero-order valence-electron chi connectivity index (χ0n) is 12.4. The molecule has 0 bridgehead atoms. The lowest BCUT2D eigenvalue weighted by Gasteiger charge is -2.06. The summed E-state index contributed by atoms with van der Waals surface area (Å²) < 4.78 is 7.51. The van der Waals surface area contributed by atoms with E-state index in [0.29, 0.717) is 11.6 Å². The number of pyridine rings is 1. The summed E-state index contributed by atoms with van der Waals surface area (Å²) in [6, 6.07) is 13.8. The second kappa shape index (κ2) is 5.49. The molecule has 0 N–H and O–H groups in total. The van der Waals surface area contributed by atoms with E-state index in [0.717, 1.165) is 22.3 Å². The van der Waals surface area contributed by atoms with Gasteiger partial charge in [-0.1, -0.05) is 30.3 Å². The average molecular weight is 303 g/mol. The predicted molar refractivity (Wildman–Crippen MR) is 86.1 cm³/mol. The van der Waals surface area contributed by atoms with E-state index in [1.165, 1.54) is 6.33 Å². The van der Waals surface area contributed by atoms with E-state index in [-0.39, 0.29) is 0 Å². The van der Waals surface area contributed by atoms with Crippen molar-refractivity contribution < 1.29 is 4.74 Å². The Morgan fingerprint density at radius 3 is 2.57 bits per heavy atom. The molecule has 0 amide bonds. The molecular formula is C17H13N5O. The maximum Gasteiger partial charge on any atom is 0.233 e. The first-order chi connectivity index (χ1) is 11.3. The van der Waals surface area contributed by atoms with Gasteiger partial charge in [0.1, 0.15) is 17.5 Å². The maximum absolute atomic E-state index is 5.83. The van der Waals surface area contributed by atoms with Crippen molar-refractivity contribution in [2.45, 2.75) is 0 Å². The molecule has 0 aliphatic carbocycles. The van der Waals surface area contributed by atoms with Gasteiger partial charge in [0.25, 0.3) is 0 Å². The summed E-state index contributed by atoms with van der Waals surface area (Å²) in [7, 11) is 1.83. The van der Waals surface area contributed by atoms with Gasteiger partial charge in [-0.25, -0.2) is 9.97 Å². The van der Waals surface area contributed by atoms with Crippen LogP contribution >= 0.6 is 0 Å². The van der Waals surface area contributed by atoms with Crippen molar-refractivity contribution >= 4 is 11.0 Å². The molecule has 0 aliphatic heterocycles. The Balaban J connectivity index is 1.64. The normalized spacial score (nSPS) is 10.8. The van der Waals surface area contributed by atoms with Gasteiger partial charge in [0, 0.05) is 12.6 Å². The quantitative estimate of drug-likeness (QED) is 0.581. The van der Waals surface area contributed by atoms with Crippen LogP contribution in [0.4, 0.5) is 0 Å². The van der Waals surface area contributed by atoms with Gasteiger partial charge in [-0.3, -0.25) is 9.67 Å². The minimum atomic E-state index is 0.470. The number of aromatic nitrogens is 5. The highest BCUT2D eigenvalue weighted by molar-refractivity contribution is 5.79. The number of rotatable bonds is 3. The number of ether oxygens (including phenoxy) is 1. The van der Waals surface area contributed by atoms with E-state index in [2.05, 4.69) is 20.1 Å². The number of hydrogen-bond acceptors (Lipinski definition) is 5. The van der Waals surface area contributed by atoms with Gasteiger partial charge in [-0.15, -0.1) is 0 Å². The number of nitrogens with zero attached hydrogens (tertiary/aromatic N) is 5. The summed E-state index contributed by atoms with van der Waals surface area (Å²) in [5.41, 5.74) is 2.69. The lowest BCUT2D eigenvalue weighted by atomic mass is 10.1. The number of hydrogen-bond donors (Lipinski definition) is 0. The highest BCUT2D eigenvalue weighted by atomic mass is 16.5. The molecule has 0 aliphatic rings. The molecule has 0 fully saturated rings. The highest BCUT2D eigenvalue weighted by Crippen LogP contribution is 2.26. The minimum Gasteiger partial charge on any atom is -0.437 e. The number of aryl methyl sites for hydroxylation is 1. The molecule has 0 saturated carbocycles. The third kappa shape index (κ3) is 2.50. The van der Waals surface area contributed by atoms with Crippen LogP contribution in [0.15, 0.2) is 61.2 Å².